The average Bonchev–Trinajstić information content (AvgIpc) is 3.22. The zero-order valence-corrected chi connectivity index (χ0v) is 18.8. The first kappa shape index (κ1) is 23.7. The fourth-order valence-electron chi connectivity index (χ4n) is 2.52. The fourth-order valence-corrected chi connectivity index (χ4v) is 2.52. The van der Waals surface area contributed by atoms with Gasteiger partial charge in [0.1, 0.15) is 11.3 Å². The van der Waals surface area contributed by atoms with Crippen molar-refractivity contribution in [3.63, 3.8) is 0 Å². The average molecular weight is 501 g/mol. The minimum Gasteiger partial charge on any atom is -0.496 e. The molecular formula is C19H28IN5O3. The third kappa shape index (κ3) is 7.37. The number of rotatable bonds is 9. The lowest BCUT2D eigenvalue weighted by Crippen LogP contribution is -2.38. The van der Waals surface area contributed by atoms with Crippen molar-refractivity contribution >= 4 is 35.9 Å². The highest BCUT2D eigenvalue weighted by Gasteiger charge is 2.13. The van der Waals surface area contributed by atoms with Crippen molar-refractivity contribution in [1.82, 2.24) is 20.4 Å². The van der Waals surface area contributed by atoms with Crippen LogP contribution in [0.1, 0.15) is 29.3 Å². The van der Waals surface area contributed by atoms with E-state index in [9.17, 15) is 4.79 Å². The summed E-state index contributed by atoms with van der Waals surface area (Å²) in [5, 5.41) is 10.7. The molecule has 28 heavy (non-hydrogen) atoms. The van der Waals surface area contributed by atoms with E-state index in [-0.39, 0.29) is 24.0 Å². The Hall–Kier alpha value is -2.30. The quantitative estimate of drug-likeness (QED) is 0.181. The van der Waals surface area contributed by atoms with Crippen LogP contribution in [0, 0.1) is 0 Å². The number of aryl methyl sites for hydroxylation is 1. The number of carbonyl (C=O) groups excluding carboxylic acids is 1. The molecule has 2 rings (SSSR count). The van der Waals surface area contributed by atoms with Gasteiger partial charge in [0.25, 0.3) is 0 Å². The summed E-state index contributed by atoms with van der Waals surface area (Å²) in [5.74, 6) is 0.785. The fraction of sp³-hybridized carbons (Fsp3) is 0.421. The number of aliphatic imine (C=N–C) groups is 1. The van der Waals surface area contributed by atoms with Crippen molar-refractivity contribution in [2.24, 2.45) is 4.99 Å². The van der Waals surface area contributed by atoms with Crippen LogP contribution < -0.4 is 15.4 Å². The van der Waals surface area contributed by atoms with Crippen molar-refractivity contribution in [2.75, 3.05) is 27.3 Å². The first-order chi connectivity index (χ1) is 13.2. The molecule has 0 saturated heterocycles. The minimum absolute atomic E-state index is 0. The first-order valence-electron chi connectivity index (χ1n) is 8.92. The number of ether oxygens (including phenoxy) is 2. The van der Waals surface area contributed by atoms with E-state index >= 15 is 0 Å². The number of methoxy groups -OCH3 is 2. The maximum Gasteiger partial charge on any atom is 0.341 e. The number of esters is 1. The number of nitrogens with one attached hydrogen (secondary N) is 2. The Kier molecular flexibility index (Phi) is 11.0. The summed E-state index contributed by atoms with van der Waals surface area (Å²) in [5.41, 5.74) is 1.29. The topological polar surface area (TPSA) is 89.8 Å². The molecule has 2 aromatic rings. The smallest absolute Gasteiger partial charge is 0.341 e. The van der Waals surface area contributed by atoms with E-state index in [0.717, 1.165) is 37.6 Å². The van der Waals surface area contributed by atoms with Crippen molar-refractivity contribution in [3.8, 4) is 5.75 Å². The Morgan fingerprint density at radius 1 is 1.29 bits per heavy atom. The summed E-state index contributed by atoms with van der Waals surface area (Å²) in [6.07, 6.45) is 4.65. The van der Waals surface area contributed by atoms with E-state index in [1.54, 1.807) is 18.3 Å². The van der Waals surface area contributed by atoms with Crippen LogP contribution in [0.25, 0.3) is 0 Å². The van der Waals surface area contributed by atoms with Crippen molar-refractivity contribution in [1.29, 1.82) is 0 Å². The highest BCUT2D eigenvalue weighted by molar-refractivity contribution is 14.0. The molecule has 1 aromatic carbocycles. The Balaban J connectivity index is 0.00000392. The van der Waals surface area contributed by atoms with Gasteiger partial charge in [-0.25, -0.2) is 9.79 Å². The van der Waals surface area contributed by atoms with Crippen molar-refractivity contribution in [2.45, 2.75) is 26.4 Å². The molecule has 0 aliphatic heterocycles. The van der Waals surface area contributed by atoms with Gasteiger partial charge in [-0.3, -0.25) is 4.68 Å². The number of carbonyl (C=O) groups is 1. The van der Waals surface area contributed by atoms with E-state index in [1.807, 2.05) is 29.9 Å². The standard InChI is InChI=1S/C19H27N5O3.HI/c1-4-20-19(21-9-5-11-24-12-6-10-23-24)22-14-15-7-8-17(26-2)16(13-15)18(25)27-3;/h6-8,10,12-13H,4-5,9,11,14H2,1-3H3,(H2,20,21,22);1H. The maximum atomic E-state index is 11.9. The molecule has 1 heterocycles. The van der Waals surface area contributed by atoms with Crippen LogP contribution in [0.3, 0.4) is 0 Å². The molecule has 0 bridgehead atoms. The van der Waals surface area contributed by atoms with Gasteiger partial charge in [0.2, 0.25) is 0 Å². The molecule has 0 aliphatic carbocycles. The Labute approximate surface area is 182 Å². The second-order valence-electron chi connectivity index (χ2n) is 5.77. The van der Waals surface area contributed by atoms with Gasteiger partial charge in [0.05, 0.1) is 20.8 Å². The molecule has 0 saturated carbocycles. The van der Waals surface area contributed by atoms with Crippen LogP contribution >= 0.6 is 24.0 Å². The highest BCUT2D eigenvalue weighted by atomic mass is 127. The number of guanidine groups is 1. The zero-order valence-electron chi connectivity index (χ0n) is 16.5. The molecule has 0 spiro atoms. The van der Waals surface area contributed by atoms with Gasteiger partial charge in [-0.2, -0.15) is 5.10 Å². The lowest BCUT2D eigenvalue weighted by atomic mass is 10.1. The van der Waals surface area contributed by atoms with Crippen LogP contribution in [0.15, 0.2) is 41.7 Å². The summed E-state index contributed by atoms with van der Waals surface area (Å²) in [6, 6.07) is 7.30. The lowest BCUT2D eigenvalue weighted by Gasteiger charge is -2.12. The molecule has 2 N–H and O–H groups in total. The normalized spacial score (nSPS) is 10.8. The molecule has 1 aromatic heterocycles. The number of aromatic nitrogens is 2. The van der Waals surface area contributed by atoms with Crippen LogP contribution in [-0.2, 0) is 17.8 Å². The van der Waals surface area contributed by atoms with E-state index in [2.05, 4.69) is 20.7 Å². The summed E-state index contributed by atoms with van der Waals surface area (Å²) in [7, 11) is 2.87. The molecule has 9 heteroatoms. The van der Waals surface area contributed by atoms with Crippen molar-refractivity contribution in [3.05, 3.63) is 47.8 Å². The second kappa shape index (κ2) is 13.0. The first-order valence-corrected chi connectivity index (χ1v) is 8.92. The van der Waals surface area contributed by atoms with Gasteiger partial charge in [-0.05, 0) is 37.1 Å². The van der Waals surface area contributed by atoms with Crippen molar-refractivity contribution < 1.29 is 14.3 Å². The molecule has 0 aliphatic rings. The van der Waals surface area contributed by atoms with E-state index in [4.69, 9.17) is 9.47 Å². The monoisotopic (exact) mass is 501 g/mol. The van der Waals surface area contributed by atoms with E-state index in [1.165, 1.54) is 14.2 Å². The third-order valence-corrected chi connectivity index (χ3v) is 3.85. The SMILES string of the molecule is CCNC(=NCc1ccc(OC)c(C(=O)OC)c1)NCCCn1cccn1.I. The Bertz CT molecular complexity index is 750. The van der Waals surface area contributed by atoms with E-state index < -0.39 is 5.97 Å². The Morgan fingerprint density at radius 3 is 2.75 bits per heavy atom. The summed E-state index contributed by atoms with van der Waals surface area (Å²) in [6.45, 7) is 4.84. The second-order valence-corrected chi connectivity index (χ2v) is 5.77. The lowest BCUT2D eigenvalue weighted by molar-refractivity contribution is 0.0597. The van der Waals surface area contributed by atoms with Gasteiger partial charge in [0, 0.05) is 32.0 Å². The molecule has 0 amide bonds. The minimum atomic E-state index is -0.429. The van der Waals surface area contributed by atoms with Gasteiger partial charge in [-0.1, -0.05) is 6.07 Å². The van der Waals surface area contributed by atoms with Crippen LogP contribution in [0.2, 0.25) is 0 Å². The van der Waals surface area contributed by atoms with Crippen LogP contribution in [0.5, 0.6) is 5.75 Å². The predicted molar refractivity (Wildman–Crippen MR) is 119 cm³/mol. The summed E-state index contributed by atoms with van der Waals surface area (Å²) >= 11 is 0. The van der Waals surface area contributed by atoms with Gasteiger partial charge in [0.15, 0.2) is 5.96 Å². The maximum absolute atomic E-state index is 11.9. The van der Waals surface area contributed by atoms with Gasteiger partial charge in [-0.15, -0.1) is 24.0 Å². The Morgan fingerprint density at radius 2 is 2.11 bits per heavy atom. The summed E-state index contributed by atoms with van der Waals surface area (Å²) in [4.78, 5) is 16.5. The largest absolute Gasteiger partial charge is 0.496 e. The number of halogens is 1. The molecule has 0 radical (unpaired) electrons. The van der Waals surface area contributed by atoms with Crippen LogP contribution in [0.4, 0.5) is 0 Å². The zero-order chi connectivity index (χ0) is 19.5. The number of nitrogens with zero attached hydrogens (tertiary/aromatic N) is 3. The molecule has 0 fully saturated rings. The highest BCUT2D eigenvalue weighted by Crippen LogP contribution is 2.21. The number of hydrogen-bond acceptors (Lipinski definition) is 5. The number of hydrogen-bond donors (Lipinski definition) is 2. The van der Waals surface area contributed by atoms with Gasteiger partial charge >= 0.3 is 5.97 Å². The molecule has 0 atom stereocenters. The molecule has 0 unspecified atom stereocenters. The summed E-state index contributed by atoms with van der Waals surface area (Å²) < 4.78 is 11.9. The number of benzene rings is 1. The van der Waals surface area contributed by atoms with Crippen LogP contribution in [-0.4, -0.2) is 49.0 Å². The van der Waals surface area contributed by atoms with E-state index in [0.29, 0.717) is 17.9 Å². The predicted octanol–water partition coefficient (Wildman–Crippen LogP) is 2.44. The molecule has 154 valence electrons. The molecular weight excluding hydrogens is 473 g/mol. The van der Waals surface area contributed by atoms with Gasteiger partial charge < -0.3 is 20.1 Å². The molecule has 8 nitrogen and oxygen atoms in total. The third-order valence-electron chi connectivity index (χ3n) is 3.85.